The van der Waals surface area contributed by atoms with Gasteiger partial charge in [0.05, 0.1) is 0 Å². The van der Waals surface area contributed by atoms with Crippen LogP contribution in [0.5, 0.6) is 0 Å². The average molecular weight is 220 g/mol. The van der Waals surface area contributed by atoms with Gasteiger partial charge >= 0.3 is 6.18 Å². The van der Waals surface area contributed by atoms with Crippen LogP contribution in [0.25, 0.3) is 0 Å². The molecule has 15 heavy (non-hydrogen) atoms. The van der Waals surface area contributed by atoms with Gasteiger partial charge in [-0.1, -0.05) is 5.16 Å². The van der Waals surface area contributed by atoms with Gasteiger partial charge in [-0.05, 0) is 19.4 Å². The quantitative estimate of drug-likeness (QED) is 0.788. The summed E-state index contributed by atoms with van der Waals surface area (Å²) in [7, 11) is 0. The Morgan fingerprint density at radius 3 is 2.80 bits per heavy atom. The van der Waals surface area contributed by atoms with Gasteiger partial charge in [0.25, 0.3) is 0 Å². The maximum absolute atomic E-state index is 12.6. The zero-order chi connectivity index (χ0) is 11.1. The number of hydrogen-bond acceptors (Lipinski definition) is 3. The number of nitrogens with two attached hydrogens (primary N) is 1. The third kappa shape index (κ3) is 1.73. The van der Waals surface area contributed by atoms with Gasteiger partial charge in [-0.2, -0.15) is 13.2 Å². The smallest absolute Gasteiger partial charge is 0.361 e. The molecule has 2 N–H and O–H groups in total. The SMILES string of the molecule is NCC1CCCc2onc(C(F)(F)F)c21. The van der Waals surface area contributed by atoms with Crippen molar-refractivity contribution in [3.05, 3.63) is 17.0 Å². The van der Waals surface area contributed by atoms with Crippen LogP contribution in [0.2, 0.25) is 0 Å². The van der Waals surface area contributed by atoms with Gasteiger partial charge in [-0.25, -0.2) is 0 Å². The second-order valence-corrected chi connectivity index (χ2v) is 3.69. The van der Waals surface area contributed by atoms with E-state index in [9.17, 15) is 13.2 Å². The molecular weight excluding hydrogens is 209 g/mol. The minimum Gasteiger partial charge on any atom is -0.361 e. The first-order valence-electron chi connectivity index (χ1n) is 4.79. The molecule has 1 atom stereocenters. The largest absolute Gasteiger partial charge is 0.437 e. The molecule has 0 amide bonds. The van der Waals surface area contributed by atoms with Crippen molar-refractivity contribution in [2.45, 2.75) is 31.4 Å². The Bertz CT molecular complexity index is 359. The van der Waals surface area contributed by atoms with Gasteiger partial charge in [-0.3, -0.25) is 0 Å². The molecule has 1 aliphatic rings. The van der Waals surface area contributed by atoms with Crippen molar-refractivity contribution in [3.8, 4) is 0 Å². The number of aryl methyl sites for hydroxylation is 1. The molecule has 3 nitrogen and oxygen atoms in total. The third-order valence-electron chi connectivity index (χ3n) is 2.72. The minimum absolute atomic E-state index is 0.177. The summed E-state index contributed by atoms with van der Waals surface area (Å²) in [5.41, 5.74) is 4.73. The number of hydrogen-bond donors (Lipinski definition) is 1. The van der Waals surface area contributed by atoms with Crippen molar-refractivity contribution < 1.29 is 17.7 Å². The monoisotopic (exact) mass is 220 g/mol. The fourth-order valence-corrected chi connectivity index (χ4v) is 2.03. The van der Waals surface area contributed by atoms with Crippen LogP contribution in [0.15, 0.2) is 4.52 Å². The van der Waals surface area contributed by atoms with E-state index in [-0.39, 0.29) is 18.0 Å². The number of aromatic nitrogens is 1. The van der Waals surface area contributed by atoms with Crippen LogP contribution >= 0.6 is 0 Å². The molecule has 0 aliphatic heterocycles. The Morgan fingerprint density at radius 2 is 2.20 bits per heavy atom. The molecule has 84 valence electrons. The summed E-state index contributed by atoms with van der Waals surface area (Å²) in [6.07, 6.45) is -2.44. The summed E-state index contributed by atoms with van der Waals surface area (Å²) in [6, 6.07) is 0. The van der Waals surface area contributed by atoms with Gasteiger partial charge in [0.2, 0.25) is 0 Å². The highest BCUT2D eigenvalue weighted by Crippen LogP contribution is 2.40. The summed E-state index contributed by atoms with van der Waals surface area (Å²) >= 11 is 0. The van der Waals surface area contributed by atoms with E-state index in [2.05, 4.69) is 5.16 Å². The number of halogens is 3. The van der Waals surface area contributed by atoms with Gasteiger partial charge in [-0.15, -0.1) is 0 Å². The first kappa shape index (κ1) is 10.5. The molecule has 0 saturated heterocycles. The Hall–Kier alpha value is -1.04. The first-order valence-corrected chi connectivity index (χ1v) is 4.79. The number of nitrogens with zero attached hydrogens (tertiary/aromatic N) is 1. The lowest BCUT2D eigenvalue weighted by Gasteiger charge is -2.20. The summed E-state index contributed by atoms with van der Waals surface area (Å²) in [6.45, 7) is 0.206. The van der Waals surface area contributed by atoms with Crippen molar-refractivity contribution in [2.24, 2.45) is 5.73 Å². The van der Waals surface area contributed by atoms with Crippen molar-refractivity contribution in [2.75, 3.05) is 6.54 Å². The minimum atomic E-state index is -4.44. The molecule has 0 aromatic carbocycles. The predicted molar refractivity (Wildman–Crippen MR) is 46.2 cm³/mol. The normalized spacial score (nSPS) is 21.5. The van der Waals surface area contributed by atoms with Crippen molar-refractivity contribution in [1.82, 2.24) is 5.16 Å². The van der Waals surface area contributed by atoms with Crippen molar-refractivity contribution in [1.29, 1.82) is 0 Å². The Labute approximate surface area is 84.4 Å². The lowest BCUT2D eigenvalue weighted by Crippen LogP contribution is -2.21. The molecule has 6 heteroatoms. The average Bonchev–Trinajstić information content (AvgIpc) is 2.59. The zero-order valence-corrected chi connectivity index (χ0v) is 7.97. The van der Waals surface area contributed by atoms with Gasteiger partial charge in [0.1, 0.15) is 5.76 Å². The Balaban J connectivity index is 2.47. The highest BCUT2D eigenvalue weighted by Gasteiger charge is 2.42. The lowest BCUT2D eigenvalue weighted by atomic mass is 9.85. The Kier molecular flexibility index (Phi) is 2.46. The van der Waals surface area contributed by atoms with Crippen LogP contribution < -0.4 is 5.73 Å². The summed E-state index contributed by atoms with van der Waals surface area (Å²) in [5, 5.41) is 3.11. The molecular formula is C9H11F3N2O. The van der Waals surface area contributed by atoms with E-state index < -0.39 is 11.9 Å². The molecule has 2 rings (SSSR count). The van der Waals surface area contributed by atoms with Crippen LogP contribution in [0, 0.1) is 0 Å². The topological polar surface area (TPSA) is 52.0 Å². The fraction of sp³-hybridized carbons (Fsp3) is 0.667. The highest BCUT2D eigenvalue weighted by atomic mass is 19.4. The molecule has 1 aromatic heterocycles. The summed E-state index contributed by atoms with van der Waals surface area (Å²) in [5.74, 6) is 0.0839. The fourth-order valence-electron chi connectivity index (χ4n) is 2.03. The molecule has 1 heterocycles. The van der Waals surface area contributed by atoms with E-state index in [1.807, 2.05) is 0 Å². The molecule has 0 saturated carbocycles. The molecule has 1 unspecified atom stereocenters. The number of alkyl halides is 3. The third-order valence-corrected chi connectivity index (χ3v) is 2.72. The Morgan fingerprint density at radius 1 is 1.47 bits per heavy atom. The van der Waals surface area contributed by atoms with Gasteiger partial charge < -0.3 is 10.3 Å². The van der Waals surface area contributed by atoms with Crippen molar-refractivity contribution >= 4 is 0 Å². The van der Waals surface area contributed by atoms with Gasteiger partial charge in [0, 0.05) is 17.9 Å². The highest BCUT2D eigenvalue weighted by molar-refractivity contribution is 5.31. The second-order valence-electron chi connectivity index (χ2n) is 3.69. The molecule has 0 fully saturated rings. The van der Waals surface area contributed by atoms with Crippen LogP contribution in [0.1, 0.15) is 35.8 Å². The van der Waals surface area contributed by atoms with E-state index >= 15 is 0 Å². The molecule has 1 aliphatic carbocycles. The first-order chi connectivity index (χ1) is 7.04. The van der Waals surface area contributed by atoms with E-state index in [0.29, 0.717) is 18.6 Å². The molecule has 0 radical (unpaired) electrons. The van der Waals surface area contributed by atoms with Gasteiger partial charge in [0.15, 0.2) is 5.69 Å². The molecule has 0 bridgehead atoms. The van der Waals surface area contributed by atoms with Crippen LogP contribution in [0.4, 0.5) is 13.2 Å². The maximum Gasteiger partial charge on any atom is 0.437 e. The van der Waals surface area contributed by atoms with E-state index in [0.717, 1.165) is 6.42 Å². The summed E-state index contributed by atoms with van der Waals surface area (Å²) < 4.78 is 42.4. The number of rotatable bonds is 1. The number of fused-ring (bicyclic) bond motifs is 1. The van der Waals surface area contributed by atoms with Crippen molar-refractivity contribution in [3.63, 3.8) is 0 Å². The predicted octanol–water partition coefficient (Wildman–Crippen LogP) is 2.07. The zero-order valence-electron chi connectivity index (χ0n) is 7.97. The van der Waals surface area contributed by atoms with E-state index in [1.165, 1.54) is 0 Å². The molecule has 0 spiro atoms. The van der Waals surface area contributed by atoms with Crippen LogP contribution in [0.3, 0.4) is 0 Å². The lowest BCUT2D eigenvalue weighted by molar-refractivity contribution is -0.143. The van der Waals surface area contributed by atoms with Crippen LogP contribution in [-0.2, 0) is 12.6 Å². The van der Waals surface area contributed by atoms with Crippen LogP contribution in [-0.4, -0.2) is 11.7 Å². The summed E-state index contributed by atoms with van der Waals surface area (Å²) in [4.78, 5) is 0. The van der Waals surface area contributed by atoms with E-state index in [1.54, 1.807) is 0 Å². The maximum atomic E-state index is 12.6. The molecule has 1 aromatic rings. The second kappa shape index (κ2) is 3.52. The van der Waals surface area contributed by atoms with E-state index in [4.69, 9.17) is 10.3 Å². The standard InChI is InChI=1S/C9H11F3N2O/c10-9(11,12)8-7-5(4-13)2-1-3-6(7)15-14-8/h5H,1-4,13H2.